The lowest BCUT2D eigenvalue weighted by molar-refractivity contribution is -0.119. The fourth-order valence-electron chi connectivity index (χ4n) is 2.92. The summed E-state index contributed by atoms with van der Waals surface area (Å²) < 4.78 is 0. The van der Waals surface area contributed by atoms with Gasteiger partial charge in [0.05, 0.1) is 6.04 Å². The Labute approximate surface area is 146 Å². The molecule has 0 radical (unpaired) electrons. The Morgan fingerprint density at radius 1 is 1.17 bits per heavy atom. The van der Waals surface area contributed by atoms with Crippen molar-refractivity contribution < 1.29 is 4.79 Å². The van der Waals surface area contributed by atoms with E-state index in [2.05, 4.69) is 16.4 Å². The number of fused-ring (bicyclic) bond motifs is 1. The SMILES string of the molecule is C[C@@H](NC[C@@H](c1ccccc1Cl)c1c[nH]c2ccccc12)C(N)=O. The van der Waals surface area contributed by atoms with Gasteiger partial charge in [-0.05, 0) is 30.2 Å². The van der Waals surface area contributed by atoms with Crippen LogP contribution in [0.5, 0.6) is 0 Å². The third kappa shape index (κ3) is 3.30. The molecule has 2 atom stereocenters. The topological polar surface area (TPSA) is 70.9 Å². The number of aromatic nitrogens is 1. The average molecular weight is 342 g/mol. The predicted molar refractivity (Wildman–Crippen MR) is 98.3 cm³/mol. The Morgan fingerprint density at radius 3 is 2.62 bits per heavy atom. The molecule has 0 saturated heterocycles. The van der Waals surface area contributed by atoms with Gasteiger partial charge in [-0.15, -0.1) is 0 Å². The van der Waals surface area contributed by atoms with Crippen molar-refractivity contribution in [3.05, 3.63) is 70.9 Å². The number of H-pyrrole nitrogens is 1. The lowest BCUT2D eigenvalue weighted by Crippen LogP contribution is -2.40. The highest BCUT2D eigenvalue weighted by Crippen LogP contribution is 2.34. The van der Waals surface area contributed by atoms with E-state index >= 15 is 0 Å². The fraction of sp³-hybridized carbons (Fsp3) is 0.211. The number of nitrogens with one attached hydrogen (secondary N) is 2. The lowest BCUT2D eigenvalue weighted by atomic mass is 9.90. The molecule has 5 heteroatoms. The van der Waals surface area contributed by atoms with Crippen molar-refractivity contribution in [1.82, 2.24) is 10.3 Å². The molecule has 0 unspecified atom stereocenters. The predicted octanol–water partition coefficient (Wildman–Crippen LogP) is 3.42. The third-order valence-electron chi connectivity index (χ3n) is 4.33. The van der Waals surface area contributed by atoms with E-state index in [0.717, 1.165) is 22.0 Å². The second kappa shape index (κ2) is 7.07. The Kier molecular flexibility index (Phi) is 4.88. The van der Waals surface area contributed by atoms with Crippen molar-refractivity contribution in [2.75, 3.05) is 6.54 Å². The van der Waals surface area contributed by atoms with Crippen molar-refractivity contribution >= 4 is 28.4 Å². The molecule has 4 N–H and O–H groups in total. The first-order valence-electron chi connectivity index (χ1n) is 7.91. The maximum Gasteiger partial charge on any atom is 0.234 e. The number of rotatable bonds is 6. The van der Waals surface area contributed by atoms with Gasteiger partial charge in [0, 0.05) is 34.6 Å². The average Bonchev–Trinajstić information content (AvgIpc) is 3.00. The number of amides is 1. The molecule has 4 nitrogen and oxygen atoms in total. The van der Waals surface area contributed by atoms with Crippen LogP contribution in [0.2, 0.25) is 5.02 Å². The minimum absolute atomic E-state index is 0.0108. The highest BCUT2D eigenvalue weighted by atomic mass is 35.5. The van der Waals surface area contributed by atoms with Crippen LogP contribution in [0.4, 0.5) is 0 Å². The number of benzene rings is 2. The number of hydrogen-bond donors (Lipinski definition) is 3. The molecule has 2 aromatic carbocycles. The van der Waals surface area contributed by atoms with Gasteiger partial charge in [-0.2, -0.15) is 0 Å². The molecule has 1 aromatic heterocycles. The van der Waals surface area contributed by atoms with Gasteiger partial charge in [-0.1, -0.05) is 48.0 Å². The molecule has 3 rings (SSSR count). The highest BCUT2D eigenvalue weighted by Gasteiger charge is 2.21. The van der Waals surface area contributed by atoms with Crippen LogP contribution in [0.15, 0.2) is 54.7 Å². The van der Waals surface area contributed by atoms with Gasteiger partial charge in [0.15, 0.2) is 0 Å². The standard InChI is InChI=1S/C19H20ClN3O/c1-12(19(21)24)22-10-15(13-6-2-4-8-17(13)20)16-11-23-18-9-5-3-7-14(16)18/h2-9,11-12,15,22-23H,10H2,1H3,(H2,21,24)/t12-,15+/m1/s1. The largest absolute Gasteiger partial charge is 0.368 e. The molecule has 1 heterocycles. The first-order chi connectivity index (χ1) is 11.6. The molecule has 0 bridgehead atoms. The summed E-state index contributed by atoms with van der Waals surface area (Å²) in [6.07, 6.45) is 2.01. The smallest absolute Gasteiger partial charge is 0.234 e. The number of primary amides is 1. The summed E-state index contributed by atoms with van der Waals surface area (Å²) in [7, 11) is 0. The van der Waals surface area contributed by atoms with E-state index in [-0.39, 0.29) is 11.8 Å². The van der Waals surface area contributed by atoms with Gasteiger partial charge in [0.1, 0.15) is 0 Å². The Hall–Kier alpha value is -2.30. The summed E-state index contributed by atoms with van der Waals surface area (Å²) >= 11 is 6.44. The molecule has 124 valence electrons. The maximum absolute atomic E-state index is 11.3. The quantitative estimate of drug-likeness (QED) is 0.643. The van der Waals surface area contributed by atoms with E-state index in [9.17, 15) is 4.79 Å². The van der Waals surface area contributed by atoms with Crippen LogP contribution in [0.25, 0.3) is 10.9 Å². The molecular formula is C19H20ClN3O. The van der Waals surface area contributed by atoms with Gasteiger partial charge < -0.3 is 16.0 Å². The zero-order valence-electron chi connectivity index (χ0n) is 13.4. The molecule has 0 fully saturated rings. The van der Waals surface area contributed by atoms with E-state index in [1.54, 1.807) is 6.92 Å². The van der Waals surface area contributed by atoms with Crippen molar-refractivity contribution in [3.63, 3.8) is 0 Å². The second-order valence-corrected chi connectivity index (χ2v) is 6.30. The molecular weight excluding hydrogens is 322 g/mol. The first kappa shape index (κ1) is 16.6. The van der Waals surface area contributed by atoms with Crippen LogP contribution in [0.3, 0.4) is 0 Å². The van der Waals surface area contributed by atoms with Crippen molar-refractivity contribution in [1.29, 1.82) is 0 Å². The molecule has 0 aliphatic heterocycles. The number of halogens is 1. The van der Waals surface area contributed by atoms with Gasteiger partial charge in [0.2, 0.25) is 5.91 Å². The fourth-order valence-corrected chi connectivity index (χ4v) is 3.19. The van der Waals surface area contributed by atoms with Gasteiger partial charge >= 0.3 is 0 Å². The maximum atomic E-state index is 11.3. The summed E-state index contributed by atoms with van der Waals surface area (Å²) in [4.78, 5) is 14.6. The summed E-state index contributed by atoms with van der Waals surface area (Å²) in [6.45, 7) is 2.33. The molecule has 1 amide bonds. The number of carbonyl (C=O) groups is 1. The number of nitrogens with two attached hydrogens (primary N) is 1. The Morgan fingerprint density at radius 2 is 1.88 bits per heavy atom. The molecule has 3 aromatic rings. The van der Waals surface area contributed by atoms with Crippen LogP contribution < -0.4 is 11.1 Å². The van der Waals surface area contributed by atoms with Crippen LogP contribution in [-0.2, 0) is 4.79 Å². The zero-order chi connectivity index (χ0) is 17.1. The molecule has 0 saturated carbocycles. The minimum atomic E-state index is -0.403. The summed E-state index contributed by atoms with van der Waals surface area (Å²) in [5, 5.41) is 5.07. The second-order valence-electron chi connectivity index (χ2n) is 5.90. The van der Waals surface area contributed by atoms with E-state index < -0.39 is 6.04 Å². The highest BCUT2D eigenvalue weighted by molar-refractivity contribution is 6.31. The van der Waals surface area contributed by atoms with Gasteiger partial charge in [-0.25, -0.2) is 0 Å². The number of para-hydroxylation sites is 1. The van der Waals surface area contributed by atoms with Crippen molar-refractivity contribution in [2.45, 2.75) is 18.9 Å². The van der Waals surface area contributed by atoms with E-state index in [1.807, 2.05) is 48.7 Å². The van der Waals surface area contributed by atoms with E-state index in [4.69, 9.17) is 17.3 Å². The van der Waals surface area contributed by atoms with Crippen LogP contribution in [0.1, 0.15) is 24.0 Å². The minimum Gasteiger partial charge on any atom is -0.368 e. The molecule has 24 heavy (non-hydrogen) atoms. The number of aromatic amines is 1. The van der Waals surface area contributed by atoms with E-state index in [1.165, 1.54) is 0 Å². The van der Waals surface area contributed by atoms with Crippen LogP contribution in [0, 0.1) is 0 Å². The van der Waals surface area contributed by atoms with Gasteiger partial charge in [-0.3, -0.25) is 4.79 Å². The third-order valence-corrected chi connectivity index (χ3v) is 4.68. The first-order valence-corrected chi connectivity index (χ1v) is 8.29. The van der Waals surface area contributed by atoms with E-state index in [0.29, 0.717) is 11.6 Å². The summed E-state index contributed by atoms with van der Waals surface area (Å²) in [5.41, 5.74) is 8.61. The summed E-state index contributed by atoms with van der Waals surface area (Å²) in [5.74, 6) is -0.358. The molecule has 0 aliphatic carbocycles. The molecule has 0 spiro atoms. The number of hydrogen-bond acceptors (Lipinski definition) is 2. The van der Waals surface area contributed by atoms with Crippen LogP contribution >= 0.6 is 11.6 Å². The van der Waals surface area contributed by atoms with Crippen molar-refractivity contribution in [2.24, 2.45) is 5.73 Å². The normalized spacial score (nSPS) is 13.8. The van der Waals surface area contributed by atoms with Crippen LogP contribution in [-0.4, -0.2) is 23.5 Å². The van der Waals surface area contributed by atoms with Crippen molar-refractivity contribution in [3.8, 4) is 0 Å². The number of carbonyl (C=O) groups excluding carboxylic acids is 1. The monoisotopic (exact) mass is 341 g/mol. The zero-order valence-corrected chi connectivity index (χ0v) is 14.2. The summed E-state index contributed by atoms with van der Waals surface area (Å²) in [6, 6.07) is 15.5. The van der Waals surface area contributed by atoms with Gasteiger partial charge in [0.25, 0.3) is 0 Å². The Bertz CT molecular complexity index is 858. The Balaban J connectivity index is 2.02. The molecule has 0 aliphatic rings. The lowest BCUT2D eigenvalue weighted by Gasteiger charge is -2.21.